The Morgan fingerprint density at radius 1 is 1.50 bits per heavy atom. The van der Waals surface area contributed by atoms with Crippen LogP contribution < -0.4 is 5.56 Å². The van der Waals surface area contributed by atoms with Gasteiger partial charge in [0.05, 0.1) is 12.3 Å². The van der Waals surface area contributed by atoms with Gasteiger partial charge in [0.25, 0.3) is 5.56 Å². The van der Waals surface area contributed by atoms with Crippen molar-refractivity contribution in [2.45, 2.75) is 18.4 Å². The first-order valence-corrected chi connectivity index (χ1v) is 7.05. The molecule has 0 spiro atoms. The van der Waals surface area contributed by atoms with Crippen molar-refractivity contribution >= 4 is 25.8 Å². The van der Waals surface area contributed by atoms with Crippen LogP contribution in [0.2, 0.25) is 0 Å². The second kappa shape index (κ2) is 5.09. The maximum Gasteiger partial charge on any atom is 0.269 e. The molecule has 4 nitrogen and oxygen atoms in total. The van der Waals surface area contributed by atoms with Crippen LogP contribution in [0.25, 0.3) is 0 Å². The van der Waals surface area contributed by atoms with Crippen LogP contribution in [0.5, 0.6) is 0 Å². The van der Waals surface area contributed by atoms with Gasteiger partial charge in [-0.2, -0.15) is 0 Å². The molecular formula is C9H11BrFNO3S. The summed E-state index contributed by atoms with van der Waals surface area (Å²) in [6.45, 7) is 0.585. The average molecular weight is 312 g/mol. The molecule has 0 radical (unpaired) electrons. The first-order chi connectivity index (χ1) is 7.42. The summed E-state index contributed by atoms with van der Waals surface area (Å²) in [6, 6.07) is 1.25. The molecule has 0 saturated carbocycles. The van der Waals surface area contributed by atoms with E-state index >= 15 is 0 Å². The van der Waals surface area contributed by atoms with Gasteiger partial charge in [-0.1, -0.05) is 6.92 Å². The molecule has 0 aliphatic rings. The summed E-state index contributed by atoms with van der Waals surface area (Å²) in [5, 5.41) is 0. The second-order valence-electron chi connectivity index (χ2n) is 3.11. The van der Waals surface area contributed by atoms with Gasteiger partial charge in [0.1, 0.15) is 11.6 Å². The zero-order valence-electron chi connectivity index (χ0n) is 8.61. The maximum atomic E-state index is 12.2. The Morgan fingerprint density at radius 3 is 2.62 bits per heavy atom. The number of alkyl halides is 1. The number of rotatable bonds is 4. The smallest absolute Gasteiger partial charge is 0.269 e. The summed E-state index contributed by atoms with van der Waals surface area (Å²) in [6.07, 6.45) is 1.37. The van der Waals surface area contributed by atoms with E-state index in [0.29, 0.717) is 4.47 Å². The van der Waals surface area contributed by atoms with Gasteiger partial charge in [-0.3, -0.25) is 4.79 Å². The molecule has 0 amide bonds. The molecule has 0 aliphatic carbocycles. The van der Waals surface area contributed by atoms with Crippen molar-refractivity contribution in [3.63, 3.8) is 0 Å². The van der Waals surface area contributed by atoms with E-state index in [1.165, 1.54) is 19.2 Å². The molecule has 0 fully saturated rings. The molecule has 1 heterocycles. The topological polar surface area (TPSA) is 56.1 Å². The molecule has 90 valence electrons. The van der Waals surface area contributed by atoms with Crippen molar-refractivity contribution in [3.8, 4) is 0 Å². The van der Waals surface area contributed by atoms with Crippen molar-refractivity contribution in [1.29, 1.82) is 0 Å². The second-order valence-corrected chi connectivity index (χ2v) is 6.28. The Labute approximate surface area is 101 Å². The third kappa shape index (κ3) is 2.70. The third-order valence-electron chi connectivity index (χ3n) is 2.06. The van der Waals surface area contributed by atoms with E-state index in [4.69, 9.17) is 0 Å². The van der Waals surface area contributed by atoms with E-state index in [9.17, 15) is 17.6 Å². The zero-order chi connectivity index (χ0) is 12.3. The fourth-order valence-corrected chi connectivity index (χ4v) is 2.84. The molecular weight excluding hydrogens is 301 g/mol. The molecule has 0 aromatic carbocycles. The van der Waals surface area contributed by atoms with Crippen LogP contribution in [0.4, 0.5) is 4.39 Å². The van der Waals surface area contributed by atoms with Crippen LogP contribution >= 0.6 is 15.9 Å². The van der Waals surface area contributed by atoms with Crippen molar-refractivity contribution in [3.05, 3.63) is 27.1 Å². The predicted molar refractivity (Wildman–Crippen MR) is 62.1 cm³/mol. The van der Waals surface area contributed by atoms with Gasteiger partial charge >= 0.3 is 0 Å². The van der Waals surface area contributed by atoms with Crippen LogP contribution in [0.3, 0.4) is 0 Å². The third-order valence-corrected chi connectivity index (χ3v) is 4.22. The van der Waals surface area contributed by atoms with Crippen LogP contribution in [-0.2, 0) is 16.4 Å². The van der Waals surface area contributed by atoms with Crippen LogP contribution in [0.15, 0.2) is 26.4 Å². The lowest BCUT2D eigenvalue weighted by molar-refractivity contribution is 0.437. The van der Waals surface area contributed by atoms with Gasteiger partial charge in [-0.25, -0.2) is 12.8 Å². The fourth-order valence-electron chi connectivity index (χ4n) is 1.21. The fraction of sp³-hybridized carbons (Fsp3) is 0.444. The van der Waals surface area contributed by atoms with Crippen LogP contribution in [0.1, 0.15) is 6.92 Å². The molecule has 1 aromatic rings. The monoisotopic (exact) mass is 311 g/mol. The van der Waals surface area contributed by atoms with Crippen molar-refractivity contribution < 1.29 is 12.8 Å². The SMILES string of the molecule is CCS(=O)(=O)c1cc(Br)cn(CCF)c1=O. The Bertz CT molecular complexity index is 538. The van der Waals surface area contributed by atoms with E-state index in [0.717, 1.165) is 4.57 Å². The van der Waals surface area contributed by atoms with Gasteiger partial charge in [0.2, 0.25) is 0 Å². The Morgan fingerprint density at radius 2 is 2.12 bits per heavy atom. The van der Waals surface area contributed by atoms with E-state index in [2.05, 4.69) is 15.9 Å². The Kier molecular flexibility index (Phi) is 4.26. The minimum absolute atomic E-state index is 0.148. The summed E-state index contributed by atoms with van der Waals surface area (Å²) in [5.74, 6) is -0.158. The van der Waals surface area contributed by atoms with Gasteiger partial charge < -0.3 is 4.57 Å². The number of hydrogen-bond donors (Lipinski definition) is 0. The summed E-state index contributed by atoms with van der Waals surface area (Å²) >= 11 is 3.09. The predicted octanol–water partition coefficient (Wildman–Crippen LogP) is 1.37. The summed E-state index contributed by atoms with van der Waals surface area (Å²) in [5.41, 5.74) is -0.678. The Hall–Kier alpha value is -0.690. The zero-order valence-corrected chi connectivity index (χ0v) is 11.0. The summed E-state index contributed by atoms with van der Waals surface area (Å²) < 4.78 is 36.9. The van der Waals surface area contributed by atoms with E-state index in [-0.39, 0.29) is 17.2 Å². The minimum Gasteiger partial charge on any atom is -0.311 e. The van der Waals surface area contributed by atoms with E-state index in [1.54, 1.807) is 0 Å². The van der Waals surface area contributed by atoms with E-state index < -0.39 is 22.1 Å². The lowest BCUT2D eigenvalue weighted by Crippen LogP contribution is -2.27. The molecule has 1 aromatic heterocycles. The number of aromatic nitrogens is 1. The van der Waals surface area contributed by atoms with Crippen molar-refractivity contribution in [1.82, 2.24) is 4.57 Å². The minimum atomic E-state index is -3.58. The highest BCUT2D eigenvalue weighted by atomic mass is 79.9. The van der Waals surface area contributed by atoms with Gasteiger partial charge in [-0.05, 0) is 22.0 Å². The van der Waals surface area contributed by atoms with Gasteiger partial charge in [0, 0.05) is 10.7 Å². The maximum absolute atomic E-state index is 12.2. The largest absolute Gasteiger partial charge is 0.311 e. The number of hydrogen-bond acceptors (Lipinski definition) is 3. The molecule has 7 heteroatoms. The molecule has 0 saturated heterocycles. The average Bonchev–Trinajstić information content (AvgIpc) is 2.23. The first kappa shape index (κ1) is 13.4. The van der Waals surface area contributed by atoms with Crippen molar-refractivity contribution in [2.75, 3.05) is 12.4 Å². The molecule has 0 unspecified atom stereocenters. The van der Waals surface area contributed by atoms with Crippen LogP contribution in [0, 0.1) is 0 Å². The lowest BCUT2D eigenvalue weighted by Gasteiger charge is -2.07. The molecule has 0 atom stereocenters. The molecule has 0 N–H and O–H groups in total. The number of nitrogens with zero attached hydrogens (tertiary/aromatic N) is 1. The number of sulfone groups is 1. The number of pyridine rings is 1. The quantitative estimate of drug-likeness (QED) is 0.844. The normalized spacial score (nSPS) is 11.7. The standard InChI is InChI=1S/C9H11BrFNO3S/c1-2-16(14,15)8-5-7(10)6-12(4-3-11)9(8)13/h5-6H,2-4H2,1H3. The molecule has 0 aliphatic heterocycles. The highest BCUT2D eigenvalue weighted by molar-refractivity contribution is 9.10. The summed E-state index contributed by atoms with van der Waals surface area (Å²) in [7, 11) is -3.58. The highest BCUT2D eigenvalue weighted by Gasteiger charge is 2.18. The highest BCUT2D eigenvalue weighted by Crippen LogP contribution is 2.13. The molecule has 16 heavy (non-hydrogen) atoms. The lowest BCUT2D eigenvalue weighted by atomic mass is 10.4. The van der Waals surface area contributed by atoms with Crippen LogP contribution in [-0.4, -0.2) is 25.4 Å². The van der Waals surface area contributed by atoms with Gasteiger partial charge in [-0.15, -0.1) is 0 Å². The number of aryl methyl sites for hydroxylation is 1. The Balaban J connectivity index is 3.48. The first-order valence-electron chi connectivity index (χ1n) is 4.61. The van der Waals surface area contributed by atoms with Crippen molar-refractivity contribution in [2.24, 2.45) is 0 Å². The molecule has 1 rings (SSSR count). The number of halogens is 2. The van der Waals surface area contributed by atoms with Gasteiger partial charge in [0.15, 0.2) is 9.84 Å². The molecule has 0 bridgehead atoms. The summed E-state index contributed by atoms with van der Waals surface area (Å²) in [4.78, 5) is 11.4. The van der Waals surface area contributed by atoms with E-state index in [1.807, 2.05) is 0 Å².